The van der Waals surface area contributed by atoms with Crippen molar-refractivity contribution in [3.8, 4) is 0 Å². The van der Waals surface area contributed by atoms with Crippen molar-refractivity contribution in [3.63, 3.8) is 0 Å². The van der Waals surface area contributed by atoms with Crippen LogP contribution in [0.5, 0.6) is 0 Å². The van der Waals surface area contributed by atoms with E-state index in [-0.39, 0.29) is 0 Å². The summed E-state index contributed by atoms with van der Waals surface area (Å²) in [6, 6.07) is 0. The first-order valence-electron chi connectivity index (χ1n) is 6.87. The van der Waals surface area contributed by atoms with E-state index < -0.39 is 0 Å². The van der Waals surface area contributed by atoms with Gasteiger partial charge < -0.3 is 0 Å². The average Bonchev–Trinajstić information content (AvgIpc) is 2.62. The highest BCUT2D eigenvalue weighted by molar-refractivity contribution is 5.85. The lowest BCUT2D eigenvalue weighted by Crippen LogP contribution is -2.19. The quantitative estimate of drug-likeness (QED) is 0.690. The molecule has 4 saturated carbocycles. The van der Waals surface area contributed by atoms with E-state index in [0.29, 0.717) is 11.7 Å². The molecule has 82 valence electrons. The summed E-state index contributed by atoms with van der Waals surface area (Å²) < 4.78 is 0. The number of carbonyl (C=O) groups is 1. The highest BCUT2D eigenvalue weighted by atomic mass is 16.1. The number of rotatable bonds is 3. The van der Waals surface area contributed by atoms with E-state index in [0.717, 1.165) is 36.0 Å². The topological polar surface area (TPSA) is 17.1 Å². The minimum Gasteiger partial charge on any atom is -0.299 e. The number of hydrogen-bond donors (Lipinski definition) is 0. The smallest absolute Gasteiger partial charge is 0.136 e. The van der Waals surface area contributed by atoms with E-state index in [9.17, 15) is 4.79 Å². The predicted molar refractivity (Wildman–Crippen MR) is 58.3 cm³/mol. The molecule has 1 nitrogen and oxygen atoms in total. The van der Waals surface area contributed by atoms with E-state index in [2.05, 4.69) is 0 Å². The number of carbonyl (C=O) groups excluding carboxylic acids is 1. The highest BCUT2D eigenvalue weighted by Crippen LogP contribution is 2.69. The number of fused-ring (bicyclic) bond motifs is 5. The molecule has 0 aromatic heterocycles. The molecule has 15 heavy (non-hydrogen) atoms. The summed E-state index contributed by atoms with van der Waals surface area (Å²) in [4.78, 5) is 12.1. The molecule has 0 aromatic rings. The summed E-state index contributed by atoms with van der Waals surface area (Å²) in [5, 5.41) is 0. The van der Waals surface area contributed by atoms with E-state index >= 15 is 0 Å². The van der Waals surface area contributed by atoms with Gasteiger partial charge in [-0.05, 0) is 48.9 Å². The first-order chi connectivity index (χ1) is 7.34. The lowest BCUT2D eigenvalue weighted by molar-refractivity contribution is -0.122. The summed E-state index contributed by atoms with van der Waals surface area (Å²) in [7, 11) is 0. The van der Waals surface area contributed by atoms with Crippen molar-refractivity contribution in [3.05, 3.63) is 0 Å². The number of Topliss-reactive ketones (excluding diaryl/α,β-unsaturated/α-hetero) is 1. The van der Waals surface area contributed by atoms with Crippen molar-refractivity contribution in [1.82, 2.24) is 0 Å². The number of ketones is 1. The highest BCUT2D eigenvalue weighted by Gasteiger charge is 2.66. The van der Waals surface area contributed by atoms with Gasteiger partial charge in [0, 0.05) is 12.3 Å². The first kappa shape index (κ1) is 8.78. The molecule has 4 unspecified atom stereocenters. The van der Waals surface area contributed by atoms with Gasteiger partial charge in [0.15, 0.2) is 0 Å². The molecule has 0 aliphatic heterocycles. The lowest BCUT2D eigenvalue weighted by atomic mass is 9.80. The van der Waals surface area contributed by atoms with Gasteiger partial charge in [0.2, 0.25) is 0 Å². The van der Waals surface area contributed by atoms with Crippen molar-refractivity contribution < 1.29 is 4.79 Å². The molecule has 4 atom stereocenters. The summed E-state index contributed by atoms with van der Waals surface area (Å²) in [5.74, 6) is 5.68. The lowest BCUT2D eigenvalue weighted by Gasteiger charge is -2.24. The maximum atomic E-state index is 12.1. The van der Waals surface area contributed by atoms with Crippen LogP contribution in [-0.2, 0) is 4.79 Å². The van der Waals surface area contributed by atoms with Crippen LogP contribution in [0.15, 0.2) is 0 Å². The van der Waals surface area contributed by atoms with Crippen molar-refractivity contribution in [1.29, 1.82) is 0 Å². The van der Waals surface area contributed by atoms with Crippen molar-refractivity contribution in [2.24, 2.45) is 35.5 Å². The molecule has 4 aliphatic rings. The van der Waals surface area contributed by atoms with Gasteiger partial charge in [-0.3, -0.25) is 4.79 Å². The Morgan fingerprint density at radius 1 is 1.00 bits per heavy atom. The molecule has 0 heterocycles. The zero-order chi connectivity index (χ0) is 9.99. The second-order valence-electron chi connectivity index (χ2n) is 6.48. The molecule has 4 fully saturated rings. The molecule has 0 aromatic carbocycles. The normalized spacial score (nSPS) is 51.3. The predicted octanol–water partition coefficient (Wildman–Crippen LogP) is 3.04. The van der Waals surface area contributed by atoms with Gasteiger partial charge in [-0.2, -0.15) is 0 Å². The monoisotopic (exact) mass is 204 g/mol. The molecular weight excluding hydrogens is 184 g/mol. The minimum atomic E-state index is 0.553. The standard InChI is InChI=1S/C14H20O/c15-11(6-8-2-1-3-8)14-12-9-4-5-10(7-9)13(12)14/h8-10,12-14H,1-7H2. The Morgan fingerprint density at radius 3 is 2.20 bits per heavy atom. The summed E-state index contributed by atoms with van der Waals surface area (Å²) >= 11 is 0. The fourth-order valence-corrected chi connectivity index (χ4v) is 4.87. The minimum absolute atomic E-state index is 0.553. The summed E-state index contributed by atoms with van der Waals surface area (Å²) in [6.45, 7) is 0. The van der Waals surface area contributed by atoms with Gasteiger partial charge in [-0.1, -0.05) is 19.3 Å². The molecule has 0 saturated heterocycles. The van der Waals surface area contributed by atoms with Gasteiger partial charge >= 0.3 is 0 Å². The van der Waals surface area contributed by atoms with Crippen molar-refractivity contribution in [2.45, 2.75) is 44.9 Å². The van der Waals surface area contributed by atoms with Crippen LogP contribution < -0.4 is 0 Å². The molecular formula is C14H20O. The third-order valence-corrected chi connectivity index (χ3v) is 5.82. The first-order valence-corrected chi connectivity index (χ1v) is 6.87. The van der Waals surface area contributed by atoms with Crippen LogP contribution in [-0.4, -0.2) is 5.78 Å². The Labute approximate surface area is 91.6 Å². The Hall–Kier alpha value is -0.330. The largest absolute Gasteiger partial charge is 0.299 e. The fraction of sp³-hybridized carbons (Fsp3) is 0.929. The Kier molecular flexibility index (Phi) is 1.68. The SMILES string of the molecule is O=C(CC1CCC1)C1C2C3CCC(C3)C12. The van der Waals surface area contributed by atoms with Crippen LogP contribution in [0.3, 0.4) is 0 Å². The number of hydrogen-bond acceptors (Lipinski definition) is 1. The zero-order valence-electron chi connectivity index (χ0n) is 9.32. The zero-order valence-corrected chi connectivity index (χ0v) is 9.32. The molecule has 0 amide bonds. The maximum absolute atomic E-state index is 12.1. The Morgan fingerprint density at radius 2 is 1.67 bits per heavy atom. The second-order valence-corrected chi connectivity index (χ2v) is 6.48. The van der Waals surface area contributed by atoms with Gasteiger partial charge in [0.25, 0.3) is 0 Å². The molecule has 4 rings (SSSR count). The third-order valence-electron chi connectivity index (χ3n) is 5.82. The molecule has 0 spiro atoms. The van der Waals surface area contributed by atoms with Crippen LogP contribution in [0.2, 0.25) is 0 Å². The van der Waals surface area contributed by atoms with Crippen LogP contribution in [0.4, 0.5) is 0 Å². The van der Waals surface area contributed by atoms with Gasteiger partial charge in [-0.15, -0.1) is 0 Å². The van der Waals surface area contributed by atoms with E-state index in [4.69, 9.17) is 0 Å². The molecule has 1 heteroatoms. The average molecular weight is 204 g/mol. The van der Waals surface area contributed by atoms with E-state index in [1.807, 2.05) is 0 Å². The summed E-state index contributed by atoms with van der Waals surface area (Å²) in [5.41, 5.74) is 0. The second kappa shape index (κ2) is 2.87. The Balaban J connectivity index is 1.41. The van der Waals surface area contributed by atoms with Gasteiger partial charge in [0.05, 0.1) is 0 Å². The third kappa shape index (κ3) is 1.13. The molecule has 0 N–H and O–H groups in total. The Bertz CT molecular complexity index is 288. The van der Waals surface area contributed by atoms with Crippen LogP contribution in [0.1, 0.15) is 44.9 Å². The fourth-order valence-electron chi connectivity index (χ4n) is 4.87. The van der Waals surface area contributed by atoms with E-state index in [1.165, 1.54) is 38.5 Å². The maximum Gasteiger partial charge on any atom is 0.136 e. The van der Waals surface area contributed by atoms with Crippen LogP contribution in [0, 0.1) is 35.5 Å². The van der Waals surface area contributed by atoms with Gasteiger partial charge in [0.1, 0.15) is 5.78 Å². The van der Waals surface area contributed by atoms with E-state index in [1.54, 1.807) is 0 Å². The molecule has 0 radical (unpaired) electrons. The van der Waals surface area contributed by atoms with Crippen LogP contribution >= 0.6 is 0 Å². The van der Waals surface area contributed by atoms with Crippen LogP contribution in [0.25, 0.3) is 0 Å². The van der Waals surface area contributed by atoms with Crippen molar-refractivity contribution >= 4 is 5.78 Å². The van der Waals surface area contributed by atoms with Gasteiger partial charge in [-0.25, -0.2) is 0 Å². The molecule has 2 bridgehead atoms. The van der Waals surface area contributed by atoms with Crippen molar-refractivity contribution in [2.75, 3.05) is 0 Å². The summed E-state index contributed by atoms with van der Waals surface area (Å²) in [6.07, 6.45) is 9.35. The molecule has 4 aliphatic carbocycles.